The molecule has 0 heterocycles. The number of allylic oxidation sites excluding steroid dienone is 5. The summed E-state index contributed by atoms with van der Waals surface area (Å²) in [6.45, 7) is 8.89. The van der Waals surface area contributed by atoms with Crippen molar-refractivity contribution in [3.63, 3.8) is 0 Å². The molecule has 0 aliphatic rings. The lowest BCUT2D eigenvalue weighted by molar-refractivity contribution is -0.108. The Balaban J connectivity index is 3.48. The lowest BCUT2D eigenvalue weighted by Crippen LogP contribution is -2.29. The van der Waals surface area contributed by atoms with Crippen LogP contribution in [-0.4, -0.2) is 23.2 Å². The SMILES string of the molecule is C\C=C(/C=C(C)\C=C(/C)CC)N(Cc1cc(F)c(F)c(C#N)c1)C(=O)/N=C(/C)NC=O. The molecule has 0 atom stereocenters. The minimum atomic E-state index is -1.24. The maximum atomic E-state index is 13.9. The van der Waals surface area contributed by atoms with Crippen LogP contribution in [-0.2, 0) is 11.3 Å². The first-order chi connectivity index (χ1) is 14.7. The van der Waals surface area contributed by atoms with Gasteiger partial charge in [-0.2, -0.15) is 10.3 Å². The number of amidine groups is 1. The summed E-state index contributed by atoms with van der Waals surface area (Å²) in [5.41, 5.74) is 2.24. The Morgan fingerprint density at radius 3 is 2.48 bits per heavy atom. The first-order valence-corrected chi connectivity index (χ1v) is 9.63. The Kier molecular flexibility index (Phi) is 9.99. The van der Waals surface area contributed by atoms with Crippen LogP contribution in [0.15, 0.2) is 52.2 Å². The quantitative estimate of drug-likeness (QED) is 0.283. The summed E-state index contributed by atoms with van der Waals surface area (Å²) in [5.74, 6) is -2.35. The molecule has 0 aliphatic heterocycles. The third-order valence-electron chi connectivity index (χ3n) is 4.33. The fourth-order valence-corrected chi connectivity index (χ4v) is 2.67. The van der Waals surface area contributed by atoms with E-state index in [1.807, 2.05) is 26.8 Å². The Morgan fingerprint density at radius 1 is 1.26 bits per heavy atom. The zero-order valence-corrected chi connectivity index (χ0v) is 18.3. The van der Waals surface area contributed by atoms with Crippen molar-refractivity contribution in [2.75, 3.05) is 0 Å². The van der Waals surface area contributed by atoms with Gasteiger partial charge in [0.25, 0.3) is 0 Å². The number of halogens is 2. The molecule has 0 radical (unpaired) electrons. The van der Waals surface area contributed by atoms with Crippen molar-refractivity contribution >= 4 is 18.3 Å². The number of hydrogen-bond donors (Lipinski definition) is 1. The highest BCUT2D eigenvalue weighted by Crippen LogP contribution is 2.20. The molecule has 1 rings (SSSR count). The minimum Gasteiger partial charge on any atom is -0.317 e. The normalized spacial score (nSPS) is 13.0. The number of urea groups is 1. The van der Waals surface area contributed by atoms with Crippen LogP contribution in [0.3, 0.4) is 0 Å². The van der Waals surface area contributed by atoms with Crippen LogP contribution in [0.1, 0.15) is 52.2 Å². The first-order valence-electron chi connectivity index (χ1n) is 9.63. The molecule has 1 N–H and O–H groups in total. The van der Waals surface area contributed by atoms with Crippen molar-refractivity contribution < 1.29 is 18.4 Å². The van der Waals surface area contributed by atoms with Gasteiger partial charge in [-0.25, -0.2) is 13.6 Å². The number of benzene rings is 1. The molecule has 0 fully saturated rings. The van der Waals surface area contributed by atoms with E-state index in [0.717, 1.165) is 23.6 Å². The van der Waals surface area contributed by atoms with Gasteiger partial charge in [-0.15, -0.1) is 0 Å². The van der Waals surface area contributed by atoms with Crippen molar-refractivity contribution in [1.29, 1.82) is 5.26 Å². The monoisotopic (exact) mass is 428 g/mol. The number of aliphatic imine (C=N–C) groups is 1. The lowest BCUT2D eigenvalue weighted by Gasteiger charge is -2.23. The second kappa shape index (κ2) is 12.2. The number of hydrogen-bond acceptors (Lipinski definition) is 3. The topological polar surface area (TPSA) is 85.6 Å². The van der Waals surface area contributed by atoms with Gasteiger partial charge >= 0.3 is 6.03 Å². The average Bonchev–Trinajstić information content (AvgIpc) is 2.72. The van der Waals surface area contributed by atoms with Crippen LogP contribution in [0.2, 0.25) is 0 Å². The van der Waals surface area contributed by atoms with Gasteiger partial charge in [0.15, 0.2) is 11.6 Å². The van der Waals surface area contributed by atoms with E-state index in [2.05, 4.69) is 10.3 Å². The van der Waals surface area contributed by atoms with Gasteiger partial charge in [-0.05, 0) is 63.5 Å². The van der Waals surface area contributed by atoms with Crippen LogP contribution < -0.4 is 5.32 Å². The van der Waals surface area contributed by atoms with E-state index in [-0.39, 0.29) is 17.9 Å². The van der Waals surface area contributed by atoms with Crippen molar-refractivity contribution in [3.8, 4) is 6.07 Å². The number of nitrogens with zero attached hydrogens (tertiary/aromatic N) is 3. The Morgan fingerprint density at radius 2 is 1.94 bits per heavy atom. The summed E-state index contributed by atoms with van der Waals surface area (Å²) in [5, 5.41) is 11.3. The summed E-state index contributed by atoms with van der Waals surface area (Å²) in [6, 6.07) is 3.00. The molecule has 164 valence electrons. The van der Waals surface area contributed by atoms with Crippen LogP contribution in [0.25, 0.3) is 0 Å². The molecule has 8 heteroatoms. The van der Waals surface area contributed by atoms with Gasteiger partial charge in [0.2, 0.25) is 6.41 Å². The fourth-order valence-electron chi connectivity index (χ4n) is 2.67. The van der Waals surface area contributed by atoms with Crippen molar-refractivity contribution in [2.45, 2.75) is 47.6 Å². The van der Waals surface area contributed by atoms with Crippen LogP contribution >= 0.6 is 0 Å². The molecular formula is C23H26F2N4O2. The molecule has 6 nitrogen and oxygen atoms in total. The van der Waals surface area contributed by atoms with E-state index in [4.69, 9.17) is 5.26 Å². The molecule has 1 aromatic rings. The van der Waals surface area contributed by atoms with Crippen molar-refractivity contribution in [1.82, 2.24) is 10.2 Å². The summed E-state index contributed by atoms with van der Waals surface area (Å²) in [6.07, 6.45) is 6.68. The summed E-state index contributed by atoms with van der Waals surface area (Å²) < 4.78 is 27.6. The van der Waals surface area contributed by atoms with E-state index >= 15 is 0 Å². The van der Waals surface area contributed by atoms with E-state index in [9.17, 15) is 18.4 Å². The van der Waals surface area contributed by atoms with Gasteiger partial charge in [0.05, 0.1) is 12.1 Å². The van der Waals surface area contributed by atoms with E-state index in [0.29, 0.717) is 12.1 Å². The third kappa shape index (κ3) is 7.63. The highest BCUT2D eigenvalue weighted by Gasteiger charge is 2.19. The average molecular weight is 428 g/mol. The van der Waals surface area contributed by atoms with Gasteiger partial charge in [0, 0.05) is 5.70 Å². The predicted molar refractivity (Wildman–Crippen MR) is 116 cm³/mol. The number of rotatable bonds is 7. The summed E-state index contributed by atoms with van der Waals surface area (Å²) >= 11 is 0. The molecule has 0 saturated carbocycles. The Hall–Kier alpha value is -3.60. The number of amides is 3. The zero-order chi connectivity index (χ0) is 23.6. The van der Waals surface area contributed by atoms with E-state index in [1.54, 1.807) is 25.1 Å². The number of nitriles is 1. The molecule has 0 aliphatic carbocycles. The molecule has 0 aromatic heterocycles. The maximum Gasteiger partial charge on any atom is 0.349 e. The number of nitrogens with one attached hydrogen (secondary N) is 1. The minimum absolute atomic E-state index is 0.0749. The molecule has 3 amide bonds. The van der Waals surface area contributed by atoms with Gasteiger partial charge in [-0.1, -0.05) is 24.6 Å². The second-order valence-electron chi connectivity index (χ2n) is 6.83. The molecule has 0 saturated heterocycles. The molecule has 31 heavy (non-hydrogen) atoms. The van der Waals surface area contributed by atoms with Gasteiger partial charge in [-0.3, -0.25) is 9.69 Å². The Labute approximate surface area is 181 Å². The third-order valence-corrected chi connectivity index (χ3v) is 4.33. The van der Waals surface area contributed by atoms with Crippen LogP contribution in [0.5, 0.6) is 0 Å². The Bertz CT molecular complexity index is 1000. The molecule has 0 spiro atoms. The standard InChI is InChI=1S/C23H26F2N4O2/c1-6-15(3)8-16(4)9-20(7-2)29(23(31)28-17(5)27-14-30)13-18-10-19(12-26)22(25)21(24)11-18/h7-11,14H,6,13H2,1-5H3,(H,27,28,30,31)/b15-8+,16-9-,20-7+. The highest BCUT2D eigenvalue weighted by atomic mass is 19.2. The van der Waals surface area contributed by atoms with Crippen molar-refractivity contribution in [3.05, 3.63) is 70.0 Å². The van der Waals surface area contributed by atoms with Gasteiger partial charge in [0.1, 0.15) is 11.9 Å². The molecule has 1 aromatic carbocycles. The summed E-state index contributed by atoms with van der Waals surface area (Å²) in [7, 11) is 0. The zero-order valence-electron chi connectivity index (χ0n) is 18.3. The van der Waals surface area contributed by atoms with E-state index < -0.39 is 23.2 Å². The number of carbonyl (C=O) groups excluding carboxylic acids is 2. The second-order valence-corrected chi connectivity index (χ2v) is 6.83. The predicted octanol–water partition coefficient (Wildman–Crippen LogP) is 5.13. The van der Waals surface area contributed by atoms with Crippen LogP contribution in [0.4, 0.5) is 13.6 Å². The molecule has 0 bridgehead atoms. The van der Waals surface area contributed by atoms with E-state index in [1.165, 1.54) is 17.9 Å². The van der Waals surface area contributed by atoms with Gasteiger partial charge < -0.3 is 5.32 Å². The summed E-state index contributed by atoms with van der Waals surface area (Å²) in [4.78, 5) is 28.6. The van der Waals surface area contributed by atoms with Crippen molar-refractivity contribution in [2.24, 2.45) is 4.99 Å². The molecular weight excluding hydrogens is 402 g/mol. The highest BCUT2D eigenvalue weighted by molar-refractivity contribution is 5.97. The molecule has 0 unspecified atom stereocenters. The van der Waals surface area contributed by atoms with Crippen LogP contribution in [0, 0.1) is 23.0 Å². The lowest BCUT2D eigenvalue weighted by atomic mass is 10.1. The largest absolute Gasteiger partial charge is 0.349 e. The fraction of sp³-hybridized carbons (Fsp3) is 0.304. The maximum absolute atomic E-state index is 13.9. The number of carbonyl (C=O) groups is 2. The smallest absolute Gasteiger partial charge is 0.317 e. The first kappa shape index (κ1) is 25.4.